The highest BCUT2D eigenvalue weighted by atomic mass is 16.5. The SMILES string of the molecule is COCCCN(CC(=O)N(Cc1cccn1Cc1ccccc1)C(C)C)C(=O)CCCC(=O)OC. The van der Waals surface area contributed by atoms with Gasteiger partial charge in [0, 0.05) is 57.6 Å². The van der Waals surface area contributed by atoms with Gasteiger partial charge < -0.3 is 23.8 Å². The van der Waals surface area contributed by atoms with Gasteiger partial charge in [0.2, 0.25) is 11.8 Å². The van der Waals surface area contributed by atoms with Gasteiger partial charge in [-0.2, -0.15) is 0 Å². The van der Waals surface area contributed by atoms with Crippen molar-refractivity contribution in [2.45, 2.75) is 58.7 Å². The van der Waals surface area contributed by atoms with E-state index in [1.54, 1.807) is 12.0 Å². The molecule has 0 fully saturated rings. The minimum absolute atomic E-state index is 0.00164. The second kappa shape index (κ2) is 15.0. The van der Waals surface area contributed by atoms with Crippen molar-refractivity contribution in [1.82, 2.24) is 14.4 Å². The molecule has 2 rings (SSSR count). The number of rotatable bonds is 15. The van der Waals surface area contributed by atoms with Crippen LogP contribution in [-0.4, -0.2) is 72.1 Å². The fourth-order valence-corrected chi connectivity index (χ4v) is 3.85. The lowest BCUT2D eigenvalue weighted by Gasteiger charge is -2.31. The summed E-state index contributed by atoms with van der Waals surface area (Å²) in [6.45, 7) is 6.07. The van der Waals surface area contributed by atoms with Crippen LogP contribution in [0.1, 0.15) is 50.8 Å². The maximum absolute atomic E-state index is 13.4. The third kappa shape index (κ3) is 9.56. The van der Waals surface area contributed by atoms with Crippen LogP contribution in [0, 0.1) is 0 Å². The van der Waals surface area contributed by atoms with Crippen LogP contribution in [0.2, 0.25) is 0 Å². The Morgan fingerprint density at radius 3 is 2.34 bits per heavy atom. The number of esters is 1. The average molecular weight is 486 g/mol. The van der Waals surface area contributed by atoms with E-state index in [2.05, 4.69) is 21.4 Å². The molecule has 0 bridgehead atoms. The quantitative estimate of drug-likeness (QED) is 0.285. The Morgan fingerprint density at radius 1 is 0.943 bits per heavy atom. The van der Waals surface area contributed by atoms with Gasteiger partial charge in [-0.3, -0.25) is 14.4 Å². The largest absolute Gasteiger partial charge is 0.469 e. The average Bonchev–Trinajstić information content (AvgIpc) is 3.28. The molecule has 1 aromatic carbocycles. The van der Waals surface area contributed by atoms with E-state index in [0.29, 0.717) is 32.5 Å². The Balaban J connectivity index is 2.07. The van der Waals surface area contributed by atoms with Gasteiger partial charge >= 0.3 is 5.97 Å². The smallest absolute Gasteiger partial charge is 0.305 e. The third-order valence-corrected chi connectivity index (χ3v) is 5.85. The highest BCUT2D eigenvalue weighted by Gasteiger charge is 2.24. The molecule has 0 radical (unpaired) electrons. The van der Waals surface area contributed by atoms with E-state index in [-0.39, 0.29) is 43.2 Å². The van der Waals surface area contributed by atoms with Crippen molar-refractivity contribution in [3.8, 4) is 0 Å². The molecule has 0 aliphatic rings. The van der Waals surface area contributed by atoms with Crippen molar-refractivity contribution in [1.29, 1.82) is 0 Å². The summed E-state index contributed by atoms with van der Waals surface area (Å²) in [5, 5.41) is 0. The molecule has 0 atom stereocenters. The Kier molecular flexibility index (Phi) is 12.0. The number of ether oxygens (including phenoxy) is 2. The first kappa shape index (κ1) is 28.1. The standard InChI is InChI=1S/C27H39N3O5/c1-22(2)30(20-24-13-9-16-28(24)19-23-11-6-5-7-12-23)26(32)21-29(17-10-18-34-3)25(31)14-8-15-27(33)35-4/h5-7,9,11-13,16,22H,8,10,14-15,17-21H2,1-4H3. The van der Waals surface area contributed by atoms with Gasteiger partial charge in [0.1, 0.15) is 0 Å². The number of carbonyl (C=O) groups is 3. The summed E-state index contributed by atoms with van der Waals surface area (Å²) in [4.78, 5) is 41.0. The molecule has 8 heteroatoms. The van der Waals surface area contributed by atoms with Crippen molar-refractivity contribution in [2.75, 3.05) is 33.9 Å². The molecule has 35 heavy (non-hydrogen) atoms. The summed E-state index contributed by atoms with van der Waals surface area (Å²) in [5.41, 5.74) is 2.22. The van der Waals surface area contributed by atoms with Crippen LogP contribution in [0.3, 0.4) is 0 Å². The number of hydrogen-bond donors (Lipinski definition) is 0. The van der Waals surface area contributed by atoms with Gasteiger partial charge in [0.05, 0.1) is 20.2 Å². The monoisotopic (exact) mass is 485 g/mol. The van der Waals surface area contributed by atoms with E-state index in [0.717, 1.165) is 12.2 Å². The number of carbonyl (C=O) groups excluding carboxylic acids is 3. The van der Waals surface area contributed by atoms with Gasteiger partial charge in [-0.05, 0) is 44.4 Å². The summed E-state index contributed by atoms with van der Waals surface area (Å²) < 4.78 is 11.9. The van der Waals surface area contributed by atoms with Crippen LogP contribution >= 0.6 is 0 Å². The zero-order valence-electron chi connectivity index (χ0n) is 21.4. The Hall–Kier alpha value is -3.13. The summed E-state index contributed by atoms with van der Waals surface area (Å²) in [7, 11) is 2.94. The zero-order chi connectivity index (χ0) is 25.6. The minimum atomic E-state index is -0.343. The Morgan fingerprint density at radius 2 is 1.69 bits per heavy atom. The summed E-state index contributed by atoms with van der Waals surface area (Å²) in [5.74, 6) is -0.593. The molecule has 2 aromatic rings. The predicted molar refractivity (Wildman–Crippen MR) is 135 cm³/mol. The van der Waals surface area contributed by atoms with Crippen LogP contribution in [0.4, 0.5) is 0 Å². The van der Waals surface area contributed by atoms with Crippen LogP contribution in [0.15, 0.2) is 48.7 Å². The molecule has 0 saturated carbocycles. The molecule has 0 N–H and O–H groups in total. The highest BCUT2D eigenvalue weighted by Crippen LogP contribution is 2.14. The van der Waals surface area contributed by atoms with Gasteiger partial charge in [-0.15, -0.1) is 0 Å². The van der Waals surface area contributed by atoms with Gasteiger partial charge in [-0.25, -0.2) is 0 Å². The molecule has 0 spiro atoms. The van der Waals surface area contributed by atoms with E-state index in [1.165, 1.54) is 12.7 Å². The number of hydrogen-bond acceptors (Lipinski definition) is 5. The minimum Gasteiger partial charge on any atom is -0.469 e. The maximum Gasteiger partial charge on any atom is 0.305 e. The molecule has 1 heterocycles. The zero-order valence-corrected chi connectivity index (χ0v) is 21.4. The second-order valence-corrected chi connectivity index (χ2v) is 8.82. The fourth-order valence-electron chi connectivity index (χ4n) is 3.85. The molecule has 0 aliphatic carbocycles. The van der Waals surface area contributed by atoms with Crippen molar-refractivity contribution >= 4 is 17.8 Å². The van der Waals surface area contributed by atoms with Gasteiger partial charge in [0.25, 0.3) is 0 Å². The van der Waals surface area contributed by atoms with E-state index in [9.17, 15) is 14.4 Å². The van der Waals surface area contributed by atoms with Crippen LogP contribution < -0.4 is 0 Å². The van der Waals surface area contributed by atoms with E-state index in [4.69, 9.17) is 4.74 Å². The molecule has 192 valence electrons. The molecule has 0 saturated heterocycles. The topological polar surface area (TPSA) is 81.1 Å². The van der Waals surface area contributed by atoms with Gasteiger partial charge in [0.15, 0.2) is 0 Å². The van der Waals surface area contributed by atoms with Crippen molar-refractivity contribution in [3.63, 3.8) is 0 Å². The molecule has 0 aliphatic heterocycles. The highest BCUT2D eigenvalue weighted by molar-refractivity contribution is 5.85. The van der Waals surface area contributed by atoms with Crippen LogP contribution in [-0.2, 0) is 36.9 Å². The van der Waals surface area contributed by atoms with Gasteiger partial charge in [-0.1, -0.05) is 30.3 Å². The molecule has 8 nitrogen and oxygen atoms in total. The lowest BCUT2D eigenvalue weighted by molar-refractivity contribution is -0.143. The summed E-state index contributed by atoms with van der Waals surface area (Å²) >= 11 is 0. The molecule has 1 aromatic heterocycles. The summed E-state index contributed by atoms with van der Waals surface area (Å²) in [6.07, 6.45) is 3.41. The number of amides is 2. The van der Waals surface area contributed by atoms with Crippen molar-refractivity contribution in [2.24, 2.45) is 0 Å². The number of nitrogens with zero attached hydrogens (tertiary/aromatic N) is 3. The van der Waals surface area contributed by atoms with Crippen molar-refractivity contribution < 1.29 is 23.9 Å². The third-order valence-electron chi connectivity index (χ3n) is 5.85. The fraction of sp³-hybridized carbons (Fsp3) is 0.519. The Labute approximate surface area is 208 Å². The van der Waals surface area contributed by atoms with E-state index < -0.39 is 0 Å². The number of methoxy groups -OCH3 is 2. The molecular formula is C27H39N3O5. The molecular weight excluding hydrogens is 446 g/mol. The van der Waals surface area contributed by atoms with E-state index >= 15 is 0 Å². The van der Waals surface area contributed by atoms with E-state index in [1.807, 2.05) is 55.3 Å². The first-order chi connectivity index (χ1) is 16.8. The van der Waals surface area contributed by atoms with Crippen LogP contribution in [0.25, 0.3) is 0 Å². The molecule has 2 amide bonds. The lowest BCUT2D eigenvalue weighted by Crippen LogP contribution is -2.45. The second-order valence-electron chi connectivity index (χ2n) is 8.82. The maximum atomic E-state index is 13.4. The predicted octanol–water partition coefficient (Wildman–Crippen LogP) is 3.48. The number of benzene rings is 1. The van der Waals surface area contributed by atoms with Crippen LogP contribution in [0.5, 0.6) is 0 Å². The lowest BCUT2D eigenvalue weighted by atomic mass is 10.2. The first-order valence-electron chi connectivity index (χ1n) is 12.2. The summed E-state index contributed by atoms with van der Waals surface area (Å²) in [6, 6.07) is 14.2. The number of aromatic nitrogens is 1. The Bertz CT molecular complexity index is 926. The molecule has 0 unspecified atom stereocenters. The van der Waals surface area contributed by atoms with Crippen molar-refractivity contribution in [3.05, 3.63) is 59.9 Å². The first-order valence-corrected chi connectivity index (χ1v) is 12.2. The normalized spacial score (nSPS) is 10.9.